The fourth-order valence-corrected chi connectivity index (χ4v) is 1.46. The minimum atomic E-state index is 1.11. The highest BCUT2D eigenvalue weighted by Gasteiger charge is 2.05. The summed E-state index contributed by atoms with van der Waals surface area (Å²) in [6, 6.07) is 0. The van der Waals surface area contributed by atoms with Gasteiger partial charge in [0.25, 0.3) is 0 Å². The Balaban J connectivity index is 2.82. The molecule has 0 aromatic rings. The molecule has 0 bridgehead atoms. The lowest BCUT2D eigenvalue weighted by Crippen LogP contribution is -2.19. The van der Waals surface area contributed by atoms with E-state index in [-0.39, 0.29) is 0 Å². The van der Waals surface area contributed by atoms with Crippen LogP contribution in [0.15, 0.2) is 35.6 Å². The molecule has 0 atom stereocenters. The number of hydrogen-bond donors (Lipinski definition) is 1. The Hall–Kier alpha value is -0.980. The average Bonchev–Trinajstić information content (AvgIpc) is 2.09. The number of nitrogens with one attached hydrogen (secondary N) is 1. The van der Waals surface area contributed by atoms with Gasteiger partial charge in [0.2, 0.25) is 0 Å². The first-order chi connectivity index (χ1) is 5.88. The van der Waals surface area contributed by atoms with Crippen LogP contribution in [0.5, 0.6) is 0 Å². The molecule has 1 rings (SSSR count). The van der Waals surface area contributed by atoms with Gasteiger partial charge in [-0.25, -0.2) is 0 Å². The topological polar surface area (TPSA) is 12.0 Å². The quantitative estimate of drug-likeness (QED) is 0.660. The van der Waals surface area contributed by atoms with Crippen molar-refractivity contribution >= 4 is 0 Å². The third-order valence-corrected chi connectivity index (χ3v) is 1.99. The second-order valence-electron chi connectivity index (χ2n) is 2.97. The van der Waals surface area contributed by atoms with Gasteiger partial charge in [-0.15, -0.1) is 0 Å². The van der Waals surface area contributed by atoms with Crippen LogP contribution in [-0.4, -0.2) is 6.54 Å². The number of hydrogen-bond acceptors (Lipinski definition) is 1. The van der Waals surface area contributed by atoms with E-state index in [1.807, 2.05) is 0 Å². The summed E-state index contributed by atoms with van der Waals surface area (Å²) < 4.78 is 0. The van der Waals surface area contributed by atoms with Crippen LogP contribution in [0.3, 0.4) is 0 Å². The third-order valence-electron chi connectivity index (χ3n) is 1.99. The lowest BCUT2D eigenvalue weighted by Gasteiger charge is -2.17. The second kappa shape index (κ2) is 4.81. The van der Waals surface area contributed by atoms with E-state index in [4.69, 9.17) is 0 Å². The summed E-state index contributed by atoms with van der Waals surface area (Å²) >= 11 is 0. The maximum absolute atomic E-state index is 3.40. The molecule has 66 valence electrons. The smallest absolute Gasteiger partial charge is 0.0369 e. The van der Waals surface area contributed by atoms with E-state index in [0.717, 1.165) is 6.54 Å². The van der Waals surface area contributed by atoms with E-state index in [9.17, 15) is 0 Å². The summed E-state index contributed by atoms with van der Waals surface area (Å²) in [5.74, 6) is 0. The number of allylic oxidation sites excluding steroid dienone is 5. The molecule has 0 unspecified atom stereocenters. The molecule has 0 spiro atoms. The van der Waals surface area contributed by atoms with Gasteiger partial charge in [0, 0.05) is 12.2 Å². The first kappa shape index (κ1) is 9.11. The molecule has 1 heterocycles. The van der Waals surface area contributed by atoms with Crippen LogP contribution in [0, 0.1) is 0 Å². The summed E-state index contributed by atoms with van der Waals surface area (Å²) in [5.41, 5.74) is 2.73. The zero-order valence-electron chi connectivity index (χ0n) is 7.93. The minimum Gasteiger partial charge on any atom is -0.385 e. The molecule has 0 saturated carbocycles. The first-order valence-electron chi connectivity index (χ1n) is 4.61. The highest BCUT2D eigenvalue weighted by molar-refractivity contribution is 5.33. The van der Waals surface area contributed by atoms with Crippen LogP contribution in [0.2, 0.25) is 0 Å². The van der Waals surface area contributed by atoms with Crippen LogP contribution in [0.25, 0.3) is 0 Å². The van der Waals surface area contributed by atoms with Crippen LogP contribution in [-0.2, 0) is 0 Å². The standard InChI is InChI=1S/C11H17N/c1-3-6-10-8-5-9-12-11(10)7-4-2/h3-4,6-7,12H,5,8-9H2,1-2H3/b6-3-,7-4-. The van der Waals surface area contributed by atoms with Crippen molar-refractivity contribution in [3.05, 3.63) is 35.6 Å². The molecule has 1 N–H and O–H groups in total. The normalized spacial score (nSPS) is 19.2. The molecule has 1 aliphatic rings. The summed E-state index contributed by atoms with van der Waals surface area (Å²) in [6.45, 7) is 5.23. The Labute approximate surface area is 74.9 Å². The van der Waals surface area contributed by atoms with Crippen molar-refractivity contribution in [1.82, 2.24) is 5.32 Å². The van der Waals surface area contributed by atoms with Gasteiger partial charge in [0.15, 0.2) is 0 Å². The minimum absolute atomic E-state index is 1.11. The molecule has 0 aromatic heterocycles. The van der Waals surface area contributed by atoms with Crippen molar-refractivity contribution in [2.24, 2.45) is 0 Å². The molecular weight excluding hydrogens is 146 g/mol. The third kappa shape index (κ3) is 2.26. The van der Waals surface area contributed by atoms with Gasteiger partial charge in [-0.3, -0.25) is 0 Å². The van der Waals surface area contributed by atoms with Gasteiger partial charge in [-0.2, -0.15) is 0 Å². The van der Waals surface area contributed by atoms with E-state index in [2.05, 4.69) is 43.5 Å². The summed E-state index contributed by atoms with van der Waals surface area (Å²) in [4.78, 5) is 0. The fraction of sp³-hybridized carbons (Fsp3) is 0.455. The van der Waals surface area contributed by atoms with Gasteiger partial charge in [0.05, 0.1) is 0 Å². The highest BCUT2D eigenvalue weighted by Crippen LogP contribution is 2.16. The predicted octanol–water partition coefficient (Wildman–Crippen LogP) is 2.78. The van der Waals surface area contributed by atoms with Crippen LogP contribution in [0.1, 0.15) is 26.7 Å². The van der Waals surface area contributed by atoms with Gasteiger partial charge in [0.1, 0.15) is 0 Å². The largest absolute Gasteiger partial charge is 0.385 e. The maximum Gasteiger partial charge on any atom is 0.0369 e. The van der Waals surface area contributed by atoms with Crippen molar-refractivity contribution in [3.63, 3.8) is 0 Å². The van der Waals surface area contributed by atoms with Gasteiger partial charge < -0.3 is 5.32 Å². The molecule has 0 fully saturated rings. The fourth-order valence-electron chi connectivity index (χ4n) is 1.46. The molecule has 0 radical (unpaired) electrons. The molecule has 1 heteroatoms. The monoisotopic (exact) mass is 163 g/mol. The Morgan fingerprint density at radius 2 is 1.92 bits per heavy atom. The summed E-state index contributed by atoms with van der Waals surface area (Å²) in [7, 11) is 0. The molecule has 0 saturated heterocycles. The maximum atomic E-state index is 3.40. The first-order valence-corrected chi connectivity index (χ1v) is 4.61. The molecule has 1 nitrogen and oxygen atoms in total. The van der Waals surface area contributed by atoms with Crippen molar-refractivity contribution in [3.8, 4) is 0 Å². The second-order valence-corrected chi connectivity index (χ2v) is 2.97. The Morgan fingerprint density at radius 1 is 1.17 bits per heavy atom. The van der Waals surface area contributed by atoms with Crippen molar-refractivity contribution in [1.29, 1.82) is 0 Å². The zero-order chi connectivity index (χ0) is 8.81. The molecule has 12 heavy (non-hydrogen) atoms. The zero-order valence-corrected chi connectivity index (χ0v) is 7.93. The van der Waals surface area contributed by atoms with Gasteiger partial charge in [-0.05, 0) is 38.3 Å². The van der Waals surface area contributed by atoms with Crippen molar-refractivity contribution < 1.29 is 0 Å². The van der Waals surface area contributed by atoms with E-state index < -0.39 is 0 Å². The summed E-state index contributed by atoms with van der Waals surface area (Å²) in [5, 5.41) is 3.40. The molecular formula is C11H17N. The summed E-state index contributed by atoms with van der Waals surface area (Å²) in [6.07, 6.45) is 11.0. The molecule has 0 aromatic carbocycles. The van der Waals surface area contributed by atoms with Crippen molar-refractivity contribution in [2.75, 3.05) is 6.54 Å². The number of rotatable bonds is 2. The average molecular weight is 163 g/mol. The van der Waals surface area contributed by atoms with Crippen LogP contribution in [0.4, 0.5) is 0 Å². The SMILES string of the molecule is C/C=C\C1=C(/C=C\C)NCCC1. The lowest BCUT2D eigenvalue weighted by atomic mass is 10.0. The van der Waals surface area contributed by atoms with Crippen LogP contribution < -0.4 is 5.32 Å². The Kier molecular flexibility index (Phi) is 3.65. The predicted molar refractivity (Wildman–Crippen MR) is 53.9 cm³/mol. The Bertz CT molecular complexity index is 197. The molecule has 0 aliphatic carbocycles. The lowest BCUT2D eigenvalue weighted by molar-refractivity contribution is 0.685. The molecule has 0 amide bonds. The van der Waals surface area contributed by atoms with E-state index >= 15 is 0 Å². The van der Waals surface area contributed by atoms with E-state index in [1.165, 1.54) is 24.1 Å². The van der Waals surface area contributed by atoms with E-state index in [1.54, 1.807) is 0 Å². The highest BCUT2D eigenvalue weighted by atomic mass is 14.9. The van der Waals surface area contributed by atoms with Gasteiger partial charge >= 0.3 is 0 Å². The van der Waals surface area contributed by atoms with Crippen LogP contribution >= 0.6 is 0 Å². The van der Waals surface area contributed by atoms with Gasteiger partial charge in [-0.1, -0.05) is 18.2 Å². The Morgan fingerprint density at radius 3 is 2.58 bits per heavy atom. The van der Waals surface area contributed by atoms with E-state index in [0.29, 0.717) is 0 Å². The molecule has 1 aliphatic heterocycles. The van der Waals surface area contributed by atoms with Crippen molar-refractivity contribution in [2.45, 2.75) is 26.7 Å².